The van der Waals surface area contributed by atoms with E-state index in [0.29, 0.717) is 30.4 Å². The average Bonchev–Trinajstić information content (AvgIpc) is 2.52. The molecule has 1 aliphatic carbocycles. The fourth-order valence-corrected chi connectivity index (χ4v) is 2.96. The molecular weight excluding hydrogens is 349 g/mol. The van der Waals surface area contributed by atoms with E-state index >= 15 is 0 Å². The van der Waals surface area contributed by atoms with E-state index in [4.69, 9.17) is 0 Å². The Bertz CT molecular complexity index is 794. The van der Waals surface area contributed by atoms with Gasteiger partial charge in [-0.1, -0.05) is 13.0 Å². The van der Waals surface area contributed by atoms with E-state index in [0.717, 1.165) is 0 Å². The maximum absolute atomic E-state index is 12.6. The minimum Gasteiger partial charge on any atom is -0.465 e. The van der Waals surface area contributed by atoms with Gasteiger partial charge >= 0.3 is 21.6 Å². The zero-order valence-electron chi connectivity index (χ0n) is 12.9. The highest BCUT2D eigenvalue weighted by Gasteiger charge is 2.49. The van der Waals surface area contributed by atoms with Crippen LogP contribution in [0.15, 0.2) is 23.8 Å². The Kier molecular flexibility index (Phi) is 4.93. The van der Waals surface area contributed by atoms with E-state index in [1.807, 2.05) is 0 Å². The predicted octanol–water partition coefficient (Wildman–Crippen LogP) is 3.41. The molecular formula is C15H15F3O5S. The first-order valence-corrected chi connectivity index (χ1v) is 8.46. The summed E-state index contributed by atoms with van der Waals surface area (Å²) in [5.41, 5.74) is -4.23. The standard InChI is InChI=1S/C15H15F3O5S/c1-3-9-4-5-10-6-7-11(14(19)22-2)8-12(10)13(9)23-24(20,21)15(16,17)18/h6-8H,3-5H2,1-2H3. The Labute approximate surface area is 137 Å². The molecule has 0 fully saturated rings. The molecule has 0 unspecified atom stereocenters. The van der Waals surface area contributed by atoms with Crippen molar-refractivity contribution in [1.82, 2.24) is 0 Å². The van der Waals surface area contributed by atoms with Crippen LogP contribution in [0.1, 0.15) is 41.3 Å². The number of hydrogen-bond acceptors (Lipinski definition) is 5. The summed E-state index contributed by atoms with van der Waals surface area (Å²) in [6.45, 7) is 1.69. The van der Waals surface area contributed by atoms with Crippen LogP contribution in [-0.2, 0) is 25.5 Å². The van der Waals surface area contributed by atoms with Crippen LogP contribution in [0.5, 0.6) is 0 Å². The van der Waals surface area contributed by atoms with Gasteiger partial charge in [0.1, 0.15) is 5.76 Å². The summed E-state index contributed by atoms with van der Waals surface area (Å²) in [6, 6.07) is 4.31. The van der Waals surface area contributed by atoms with Crippen molar-refractivity contribution in [1.29, 1.82) is 0 Å². The number of allylic oxidation sites excluding steroid dienone is 1. The number of ether oxygens (including phenoxy) is 1. The molecule has 1 aromatic rings. The summed E-state index contributed by atoms with van der Waals surface area (Å²) in [5, 5.41) is 0. The second kappa shape index (κ2) is 6.46. The molecule has 9 heteroatoms. The molecule has 132 valence electrons. The molecule has 0 radical (unpaired) electrons. The average molecular weight is 364 g/mol. The van der Waals surface area contributed by atoms with Crippen LogP contribution in [-0.4, -0.2) is 27.0 Å². The van der Waals surface area contributed by atoms with Gasteiger partial charge < -0.3 is 8.92 Å². The summed E-state index contributed by atoms with van der Waals surface area (Å²) < 4.78 is 69.7. The highest BCUT2D eigenvalue weighted by Crippen LogP contribution is 2.38. The Hall–Kier alpha value is -2.03. The lowest BCUT2D eigenvalue weighted by atomic mass is 9.88. The van der Waals surface area contributed by atoms with E-state index in [2.05, 4.69) is 8.92 Å². The lowest BCUT2D eigenvalue weighted by molar-refractivity contribution is -0.0509. The number of alkyl halides is 3. The Balaban J connectivity index is 2.57. The van der Waals surface area contributed by atoms with Gasteiger partial charge in [0.2, 0.25) is 0 Å². The quantitative estimate of drug-likeness (QED) is 0.465. The van der Waals surface area contributed by atoms with Crippen LogP contribution in [0, 0.1) is 0 Å². The highest BCUT2D eigenvalue weighted by atomic mass is 32.2. The van der Waals surface area contributed by atoms with E-state index in [9.17, 15) is 26.4 Å². The number of halogens is 3. The van der Waals surface area contributed by atoms with Crippen LogP contribution < -0.4 is 0 Å². The van der Waals surface area contributed by atoms with Crippen LogP contribution in [0.25, 0.3) is 5.76 Å². The molecule has 0 spiro atoms. The van der Waals surface area contributed by atoms with E-state index in [1.54, 1.807) is 13.0 Å². The lowest BCUT2D eigenvalue weighted by Crippen LogP contribution is -2.26. The zero-order chi connectivity index (χ0) is 18.1. The second-order valence-corrected chi connectivity index (χ2v) is 6.67. The predicted molar refractivity (Wildman–Crippen MR) is 79.4 cm³/mol. The molecule has 0 bridgehead atoms. The van der Waals surface area contributed by atoms with Crippen molar-refractivity contribution < 1.29 is 35.3 Å². The number of methoxy groups -OCH3 is 1. The van der Waals surface area contributed by atoms with Gasteiger partial charge in [0.25, 0.3) is 0 Å². The van der Waals surface area contributed by atoms with Crippen molar-refractivity contribution in [3.05, 3.63) is 40.5 Å². The van der Waals surface area contributed by atoms with Crippen LogP contribution in [0.3, 0.4) is 0 Å². The molecule has 1 aromatic carbocycles. The fourth-order valence-electron chi connectivity index (χ4n) is 2.44. The molecule has 0 N–H and O–H groups in total. The Morgan fingerprint density at radius 2 is 1.92 bits per heavy atom. The first-order valence-electron chi connectivity index (χ1n) is 7.05. The summed E-state index contributed by atoms with van der Waals surface area (Å²) in [4.78, 5) is 11.6. The van der Waals surface area contributed by atoms with Crippen molar-refractivity contribution in [2.45, 2.75) is 31.7 Å². The van der Waals surface area contributed by atoms with Crippen molar-refractivity contribution >= 4 is 21.8 Å². The first-order chi connectivity index (χ1) is 11.1. The summed E-state index contributed by atoms with van der Waals surface area (Å²) in [5.74, 6) is -1.04. The van der Waals surface area contributed by atoms with Gasteiger partial charge in [-0.3, -0.25) is 0 Å². The monoisotopic (exact) mass is 364 g/mol. The van der Waals surface area contributed by atoms with Crippen molar-refractivity contribution in [3.63, 3.8) is 0 Å². The molecule has 0 saturated carbocycles. The number of carbonyl (C=O) groups is 1. The Morgan fingerprint density at radius 3 is 2.46 bits per heavy atom. The highest BCUT2D eigenvalue weighted by molar-refractivity contribution is 7.87. The van der Waals surface area contributed by atoms with Gasteiger partial charge in [0, 0.05) is 5.56 Å². The second-order valence-electron chi connectivity index (χ2n) is 5.13. The molecule has 1 aliphatic rings. The molecule has 0 atom stereocenters. The van der Waals surface area contributed by atoms with Gasteiger partial charge in [-0.25, -0.2) is 4.79 Å². The molecule has 5 nitrogen and oxygen atoms in total. The molecule has 0 amide bonds. The van der Waals surface area contributed by atoms with Gasteiger partial charge in [-0.05, 0) is 42.5 Å². The van der Waals surface area contributed by atoms with Crippen molar-refractivity contribution in [2.24, 2.45) is 0 Å². The smallest absolute Gasteiger partial charge is 0.465 e. The third kappa shape index (κ3) is 3.40. The normalized spacial score (nSPS) is 15.0. The number of aryl methyl sites for hydroxylation is 1. The number of rotatable bonds is 4. The third-order valence-corrected chi connectivity index (χ3v) is 4.65. The molecule has 2 rings (SSSR count). The molecule has 0 aromatic heterocycles. The van der Waals surface area contributed by atoms with Gasteiger partial charge in [-0.2, -0.15) is 21.6 Å². The Morgan fingerprint density at radius 1 is 1.25 bits per heavy atom. The number of esters is 1. The molecule has 0 saturated heterocycles. The maximum Gasteiger partial charge on any atom is 0.534 e. The molecule has 0 aliphatic heterocycles. The topological polar surface area (TPSA) is 69.7 Å². The number of hydrogen-bond donors (Lipinski definition) is 0. The largest absolute Gasteiger partial charge is 0.534 e. The fraction of sp³-hybridized carbons (Fsp3) is 0.400. The van der Waals surface area contributed by atoms with Crippen molar-refractivity contribution in [3.8, 4) is 0 Å². The van der Waals surface area contributed by atoms with E-state index in [1.165, 1.54) is 19.2 Å². The first kappa shape index (κ1) is 18.3. The third-order valence-electron chi connectivity index (χ3n) is 3.70. The van der Waals surface area contributed by atoms with E-state index in [-0.39, 0.29) is 16.9 Å². The molecule has 24 heavy (non-hydrogen) atoms. The minimum absolute atomic E-state index is 0.0964. The number of fused-ring (bicyclic) bond motifs is 1. The van der Waals surface area contributed by atoms with Crippen LogP contribution in [0.4, 0.5) is 13.2 Å². The maximum atomic E-state index is 12.6. The van der Waals surface area contributed by atoms with E-state index < -0.39 is 21.6 Å². The summed E-state index contributed by atoms with van der Waals surface area (Å²) >= 11 is 0. The lowest BCUT2D eigenvalue weighted by Gasteiger charge is -2.23. The minimum atomic E-state index is -5.80. The number of carbonyl (C=O) groups excluding carboxylic acids is 1. The number of benzene rings is 1. The van der Waals surface area contributed by atoms with Crippen LogP contribution in [0.2, 0.25) is 0 Å². The van der Waals surface area contributed by atoms with Crippen molar-refractivity contribution in [2.75, 3.05) is 7.11 Å². The zero-order valence-corrected chi connectivity index (χ0v) is 13.8. The van der Waals surface area contributed by atoms with Gasteiger partial charge in [0.15, 0.2) is 0 Å². The van der Waals surface area contributed by atoms with Gasteiger partial charge in [-0.15, -0.1) is 0 Å². The summed E-state index contributed by atoms with van der Waals surface area (Å²) in [7, 11) is -4.63. The summed E-state index contributed by atoms with van der Waals surface area (Å²) in [6.07, 6.45) is 1.22. The van der Waals surface area contributed by atoms with Crippen LogP contribution >= 0.6 is 0 Å². The SMILES string of the molecule is CCC1=C(OS(=O)(=O)C(F)(F)F)c2cc(C(=O)OC)ccc2CC1. The molecule has 0 heterocycles. The van der Waals surface area contributed by atoms with Gasteiger partial charge in [0.05, 0.1) is 12.7 Å².